The predicted octanol–water partition coefficient (Wildman–Crippen LogP) is 2.95. The Labute approximate surface area is 96.4 Å². The minimum Gasteiger partial charge on any atom is -0.449 e. The van der Waals surface area contributed by atoms with E-state index in [-0.39, 0.29) is 0 Å². The van der Waals surface area contributed by atoms with Crippen LogP contribution < -0.4 is 4.74 Å². The maximum atomic E-state index is 10.2. The van der Waals surface area contributed by atoms with E-state index >= 15 is 0 Å². The summed E-state index contributed by atoms with van der Waals surface area (Å²) in [5.41, 5.74) is 0. The largest absolute Gasteiger partial charge is 0.511 e. The zero-order valence-corrected chi connectivity index (χ0v) is 10.1. The lowest BCUT2D eigenvalue weighted by molar-refractivity contribution is 0.144. The number of carbonyl (C=O) groups is 1. The van der Waals surface area contributed by atoms with Gasteiger partial charge in [-0.25, -0.2) is 4.79 Å². The normalized spacial score (nSPS) is 9.50. The SMILES string of the molecule is O=C(O)Oc1cccc(I)c1I. The number of hydrogen-bond acceptors (Lipinski definition) is 2. The van der Waals surface area contributed by atoms with E-state index in [1.54, 1.807) is 12.1 Å². The average Bonchev–Trinajstić information content (AvgIpc) is 1.98. The molecule has 0 aliphatic heterocycles. The van der Waals surface area contributed by atoms with Crippen molar-refractivity contribution in [3.63, 3.8) is 0 Å². The smallest absolute Gasteiger partial charge is 0.449 e. The van der Waals surface area contributed by atoms with Gasteiger partial charge in [-0.05, 0) is 57.3 Å². The topological polar surface area (TPSA) is 46.5 Å². The third-order valence-electron chi connectivity index (χ3n) is 1.11. The second-order valence-corrected chi connectivity index (χ2v) is 4.16. The minimum atomic E-state index is -1.28. The Hall–Kier alpha value is -0.0500. The summed E-state index contributed by atoms with van der Waals surface area (Å²) in [7, 11) is 0. The van der Waals surface area contributed by atoms with Crippen molar-refractivity contribution < 1.29 is 14.6 Å². The summed E-state index contributed by atoms with van der Waals surface area (Å²) in [5, 5.41) is 8.35. The highest BCUT2D eigenvalue weighted by Gasteiger charge is 2.07. The summed E-state index contributed by atoms with van der Waals surface area (Å²) >= 11 is 4.16. The van der Waals surface area contributed by atoms with E-state index in [1.807, 2.05) is 28.7 Å². The van der Waals surface area contributed by atoms with E-state index < -0.39 is 6.16 Å². The van der Waals surface area contributed by atoms with Crippen molar-refractivity contribution in [1.29, 1.82) is 0 Å². The first-order valence-electron chi connectivity index (χ1n) is 2.96. The Bertz CT molecular complexity index is 312. The molecule has 1 N–H and O–H groups in total. The molecule has 0 heterocycles. The highest BCUT2D eigenvalue weighted by Crippen LogP contribution is 2.25. The number of benzene rings is 1. The van der Waals surface area contributed by atoms with Crippen molar-refractivity contribution in [1.82, 2.24) is 0 Å². The second-order valence-electron chi connectivity index (χ2n) is 1.92. The molecule has 0 bridgehead atoms. The van der Waals surface area contributed by atoms with E-state index in [0.29, 0.717) is 5.75 Å². The van der Waals surface area contributed by atoms with Gasteiger partial charge < -0.3 is 9.84 Å². The molecule has 1 rings (SSSR count). The van der Waals surface area contributed by atoms with Crippen LogP contribution in [-0.4, -0.2) is 11.3 Å². The van der Waals surface area contributed by atoms with Crippen LogP contribution in [0.3, 0.4) is 0 Å². The summed E-state index contributed by atoms with van der Waals surface area (Å²) in [6.45, 7) is 0. The number of halogens is 2. The van der Waals surface area contributed by atoms with Gasteiger partial charge in [-0.1, -0.05) is 6.07 Å². The minimum absolute atomic E-state index is 0.384. The molecular formula is C7H4I2O3. The van der Waals surface area contributed by atoms with Crippen LogP contribution in [0.25, 0.3) is 0 Å². The molecule has 0 atom stereocenters. The summed E-state index contributed by atoms with van der Waals surface area (Å²) < 4.78 is 6.33. The van der Waals surface area contributed by atoms with Crippen molar-refractivity contribution in [3.8, 4) is 5.75 Å². The fourth-order valence-corrected chi connectivity index (χ4v) is 1.60. The lowest BCUT2D eigenvalue weighted by atomic mass is 10.3. The molecule has 0 radical (unpaired) electrons. The van der Waals surface area contributed by atoms with Gasteiger partial charge in [0.05, 0.1) is 3.57 Å². The lowest BCUT2D eigenvalue weighted by Crippen LogP contribution is -2.04. The molecule has 0 aromatic heterocycles. The molecule has 12 heavy (non-hydrogen) atoms. The third kappa shape index (κ3) is 2.47. The van der Waals surface area contributed by atoms with Crippen LogP contribution in [0.2, 0.25) is 0 Å². The molecule has 0 spiro atoms. The van der Waals surface area contributed by atoms with E-state index in [4.69, 9.17) is 5.11 Å². The van der Waals surface area contributed by atoms with Gasteiger partial charge in [-0.3, -0.25) is 0 Å². The number of rotatable bonds is 1. The number of carboxylic acid groups (broad SMARTS) is 1. The fraction of sp³-hybridized carbons (Fsp3) is 0. The van der Waals surface area contributed by atoms with Crippen LogP contribution >= 0.6 is 45.2 Å². The van der Waals surface area contributed by atoms with Crippen LogP contribution in [0, 0.1) is 7.14 Å². The van der Waals surface area contributed by atoms with Gasteiger partial charge in [0.15, 0.2) is 0 Å². The Morgan fingerprint density at radius 3 is 2.67 bits per heavy atom. The predicted molar refractivity (Wildman–Crippen MR) is 60.5 cm³/mol. The zero-order valence-electron chi connectivity index (χ0n) is 5.75. The first-order valence-corrected chi connectivity index (χ1v) is 5.12. The van der Waals surface area contributed by atoms with E-state index in [1.165, 1.54) is 0 Å². The Morgan fingerprint density at radius 1 is 1.42 bits per heavy atom. The molecule has 3 nitrogen and oxygen atoms in total. The third-order valence-corrected chi connectivity index (χ3v) is 4.16. The van der Waals surface area contributed by atoms with Crippen LogP contribution in [0.5, 0.6) is 5.75 Å². The molecule has 0 aliphatic rings. The zero-order chi connectivity index (χ0) is 9.14. The fourth-order valence-electron chi connectivity index (χ4n) is 0.657. The van der Waals surface area contributed by atoms with Crippen LogP contribution in [0.1, 0.15) is 0 Å². The molecule has 1 aromatic carbocycles. The van der Waals surface area contributed by atoms with E-state index in [0.717, 1.165) is 7.14 Å². The molecule has 0 saturated heterocycles. The number of ether oxygens (including phenoxy) is 1. The Balaban J connectivity index is 3.00. The van der Waals surface area contributed by atoms with Crippen molar-refractivity contribution in [2.45, 2.75) is 0 Å². The molecule has 0 fully saturated rings. The van der Waals surface area contributed by atoms with Gasteiger partial charge in [0, 0.05) is 3.57 Å². The van der Waals surface area contributed by atoms with Crippen molar-refractivity contribution in [2.75, 3.05) is 0 Å². The van der Waals surface area contributed by atoms with Crippen LogP contribution in [0.15, 0.2) is 18.2 Å². The molecular weight excluding hydrogens is 386 g/mol. The Morgan fingerprint density at radius 2 is 2.08 bits per heavy atom. The van der Waals surface area contributed by atoms with Crippen LogP contribution in [0.4, 0.5) is 4.79 Å². The first-order chi connectivity index (χ1) is 5.61. The molecule has 0 unspecified atom stereocenters. The van der Waals surface area contributed by atoms with Gasteiger partial charge >= 0.3 is 6.16 Å². The van der Waals surface area contributed by atoms with Gasteiger partial charge in [0.1, 0.15) is 5.75 Å². The average molecular weight is 390 g/mol. The molecule has 64 valence electrons. The first kappa shape index (κ1) is 10.0. The standard InChI is InChI=1S/C7H4I2O3/c8-4-2-1-3-5(6(4)9)12-7(10)11/h1-3H,(H,10,11). The summed E-state index contributed by atoms with van der Waals surface area (Å²) in [4.78, 5) is 10.2. The maximum absolute atomic E-state index is 10.2. The van der Waals surface area contributed by atoms with Crippen LogP contribution in [-0.2, 0) is 0 Å². The maximum Gasteiger partial charge on any atom is 0.511 e. The van der Waals surface area contributed by atoms with E-state index in [2.05, 4.69) is 27.3 Å². The van der Waals surface area contributed by atoms with Crippen molar-refractivity contribution in [3.05, 3.63) is 25.3 Å². The van der Waals surface area contributed by atoms with Crippen molar-refractivity contribution in [2.24, 2.45) is 0 Å². The highest BCUT2D eigenvalue weighted by molar-refractivity contribution is 14.1. The molecule has 0 aliphatic carbocycles. The van der Waals surface area contributed by atoms with E-state index in [9.17, 15) is 4.79 Å². The molecule has 1 aromatic rings. The Kier molecular flexibility index (Phi) is 3.56. The highest BCUT2D eigenvalue weighted by atomic mass is 127. The van der Waals surface area contributed by atoms with Gasteiger partial charge in [0.25, 0.3) is 0 Å². The molecule has 0 saturated carbocycles. The molecule has 5 heteroatoms. The van der Waals surface area contributed by atoms with Crippen molar-refractivity contribution >= 4 is 51.3 Å². The van der Waals surface area contributed by atoms with Gasteiger partial charge in [0.2, 0.25) is 0 Å². The van der Waals surface area contributed by atoms with Gasteiger partial charge in [-0.15, -0.1) is 0 Å². The number of hydrogen-bond donors (Lipinski definition) is 1. The second kappa shape index (κ2) is 4.26. The molecule has 0 amide bonds. The summed E-state index contributed by atoms with van der Waals surface area (Å²) in [5.74, 6) is 0.384. The summed E-state index contributed by atoms with van der Waals surface area (Å²) in [6.07, 6.45) is -1.28. The van der Waals surface area contributed by atoms with Gasteiger partial charge in [-0.2, -0.15) is 0 Å². The summed E-state index contributed by atoms with van der Waals surface area (Å²) in [6, 6.07) is 5.26. The quantitative estimate of drug-likeness (QED) is 0.456. The monoisotopic (exact) mass is 390 g/mol. The lowest BCUT2D eigenvalue weighted by Gasteiger charge is -2.03.